The molecular weight excluding hydrogens is 401 g/mol. The molecule has 1 aliphatic heterocycles. The van der Waals surface area contributed by atoms with Crippen LogP contribution in [0.15, 0.2) is 36.5 Å². The van der Waals surface area contributed by atoms with Crippen molar-refractivity contribution in [3.63, 3.8) is 0 Å². The number of aromatic nitrogens is 2. The number of nitrogens with one attached hydrogen (secondary N) is 1. The Bertz CT molecular complexity index is 891. The number of halogens is 3. The van der Waals surface area contributed by atoms with E-state index in [9.17, 15) is 22.8 Å². The minimum absolute atomic E-state index is 0.0330. The van der Waals surface area contributed by atoms with Gasteiger partial charge in [0.1, 0.15) is 6.54 Å². The second-order valence-electron chi connectivity index (χ2n) is 7.13. The van der Waals surface area contributed by atoms with Crippen molar-refractivity contribution in [2.24, 2.45) is 0 Å². The quantitative estimate of drug-likeness (QED) is 0.774. The van der Waals surface area contributed by atoms with Crippen molar-refractivity contribution in [3.8, 4) is 0 Å². The normalized spacial score (nSPS) is 15.7. The fourth-order valence-electron chi connectivity index (χ4n) is 3.33. The molecule has 7 nitrogen and oxygen atoms in total. The van der Waals surface area contributed by atoms with E-state index in [-0.39, 0.29) is 30.3 Å². The first-order chi connectivity index (χ1) is 14.2. The number of carbonyl (C=O) groups is 2. The lowest BCUT2D eigenvalue weighted by molar-refractivity contribution is -0.138. The number of amides is 2. The molecule has 1 aromatic heterocycles. The average Bonchev–Trinajstić information content (AvgIpc) is 3.14. The molecule has 3 rings (SSSR count). The van der Waals surface area contributed by atoms with Crippen LogP contribution in [0.1, 0.15) is 30.4 Å². The van der Waals surface area contributed by atoms with Crippen molar-refractivity contribution in [1.29, 1.82) is 0 Å². The maximum Gasteiger partial charge on any atom is 0.416 e. The second-order valence-corrected chi connectivity index (χ2v) is 7.13. The Labute approximate surface area is 171 Å². The summed E-state index contributed by atoms with van der Waals surface area (Å²) in [5, 5.41) is 6.72. The lowest BCUT2D eigenvalue weighted by Gasteiger charge is -2.26. The Morgan fingerprint density at radius 3 is 2.60 bits per heavy atom. The summed E-state index contributed by atoms with van der Waals surface area (Å²) in [4.78, 5) is 26.2. The summed E-state index contributed by atoms with van der Waals surface area (Å²) in [7, 11) is 0. The summed E-state index contributed by atoms with van der Waals surface area (Å²) in [6.45, 7) is 3.67. The average molecular weight is 424 g/mol. The van der Waals surface area contributed by atoms with E-state index in [2.05, 4.69) is 10.4 Å². The minimum atomic E-state index is -4.48. The molecule has 162 valence electrons. The van der Waals surface area contributed by atoms with Crippen molar-refractivity contribution in [3.05, 3.63) is 47.7 Å². The number of morpholine rings is 1. The number of hydrogen-bond donors (Lipinski definition) is 1. The third-order valence-corrected chi connectivity index (χ3v) is 4.86. The molecule has 30 heavy (non-hydrogen) atoms. The van der Waals surface area contributed by atoms with E-state index in [0.717, 1.165) is 6.07 Å². The number of carbonyl (C=O) groups excluding carboxylic acids is 2. The van der Waals surface area contributed by atoms with E-state index in [0.29, 0.717) is 26.3 Å². The number of ether oxygens (including phenoxy) is 1. The molecule has 0 aliphatic carbocycles. The summed E-state index contributed by atoms with van der Waals surface area (Å²) >= 11 is 0. The fourth-order valence-corrected chi connectivity index (χ4v) is 3.33. The topological polar surface area (TPSA) is 76.5 Å². The highest BCUT2D eigenvalue weighted by molar-refractivity contribution is 5.90. The zero-order chi connectivity index (χ0) is 21.7. The van der Waals surface area contributed by atoms with Crippen LogP contribution in [-0.4, -0.2) is 52.8 Å². The number of benzene rings is 1. The van der Waals surface area contributed by atoms with Gasteiger partial charge in [-0.1, -0.05) is 25.1 Å². The number of alkyl halides is 3. The van der Waals surface area contributed by atoms with Crippen molar-refractivity contribution in [1.82, 2.24) is 14.7 Å². The van der Waals surface area contributed by atoms with Gasteiger partial charge in [0, 0.05) is 31.8 Å². The van der Waals surface area contributed by atoms with E-state index in [1.54, 1.807) is 24.1 Å². The van der Waals surface area contributed by atoms with E-state index >= 15 is 0 Å². The van der Waals surface area contributed by atoms with Gasteiger partial charge in [0.05, 0.1) is 18.8 Å². The van der Waals surface area contributed by atoms with Crippen LogP contribution in [0.3, 0.4) is 0 Å². The highest BCUT2D eigenvalue weighted by Gasteiger charge is 2.34. The molecular formula is C20H23F3N4O3. The Morgan fingerprint density at radius 2 is 1.90 bits per heavy atom. The molecule has 1 aliphatic rings. The lowest BCUT2D eigenvalue weighted by Crippen LogP contribution is -2.42. The summed E-state index contributed by atoms with van der Waals surface area (Å²) in [5.41, 5.74) is -0.669. The molecule has 2 amide bonds. The second kappa shape index (κ2) is 9.29. The first-order valence-electron chi connectivity index (χ1n) is 9.59. The van der Waals surface area contributed by atoms with Gasteiger partial charge in [0.25, 0.3) is 0 Å². The van der Waals surface area contributed by atoms with Gasteiger partial charge >= 0.3 is 6.18 Å². The highest BCUT2D eigenvalue weighted by Crippen LogP contribution is 2.36. The third-order valence-electron chi connectivity index (χ3n) is 4.86. The van der Waals surface area contributed by atoms with Gasteiger partial charge in [-0.25, -0.2) is 0 Å². The molecule has 1 aromatic carbocycles. The number of hydrogen-bond acceptors (Lipinski definition) is 4. The molecule has 0 bridgehead atoms. The molecule has 1 saturated heterocycles. The molecule has 2 aromatic rings. The van der Waals surface area contributed by atoms with Gasteiger partial charge in [0.15, 0.2) is 5.82 Å². The van der Waals surface area contributed by atoms with Gasteiger partial charge in [-0.05, 0) is 17.5 Å². The van der Waals surface area contributed by atoms with E-state index in [1.807, 2.05) is 0 Å². The van der Waals surface area contributed by atoms with Gasteiger partial charge in [-0.3, -0.25) is 14.3 Å². The van der Waals surface area contributed by atoms with Gasteiger partial charge in [-0.2, -0.15) is 18.3 Å². The summed E-state index contributed by atoms with van der Waals surface area (Å²) in [5.74, 6) is -0.945. The molecule has 0 unspecified atom stereocenters. The zero-order valence-corrected chi connectivity index (χ0v) is 16.5. The van der Waals surface area contributed by atoms with Gasteiger partial charge in [0.2, 0.25) is 11.8 Å². The predicted octanol–water partition coefficient (Wildman–Crippen LogP) is 2.89. The van der Waals surface area contributed by atoms with Crippen molar-refractivity contribution in [2.75, 3.05) is 31.6 Å². The SMILES string of the molecule is C[C@@H](CC(=O)Nc1ccn(CC(=O)N2CCOCC2)n1)c1ccccc1C(F)(F)F. The molecule has 0 radical (unpaired) electrons. The first kappa shape index (κ1) is 21.8. The van der Waals surface area contributed by atoms with Crippen LogP contribution in [0.2, 0.25) is 0 Å². The summed E-state index contributed by atoms with van der Waals surface area (Å²) in [6.07, 6.45) is -3.05. The van der Waals surface area contributed by atoms with Crippen LogP contribution < -0.4 is 5.32 Å². The maximum atomic E-state index is 13.2. The van der Waals surface area contributed by atoms with E-state index in [1.165, 1.54) is 22.9 Å². The molecule has 1 atom stereocenters. The van der Waals surface area contributed by atoms with Crippen LogP contribution in [-0.2, 0) is 27.0 Å². The largest absolute Gasteiger partial charge is 0.416 e. The molecule has 2 heterocycles. The van der Waals surface area contributed by atoms with Crippen LogP contribution in [0.5, 0.6) is 0 Å². The molecule has 0 saturated carbocycles. The Hall–Kier alpha value is -2.88. The Kier molecular flexibility index (Phi) is 6.76. The zero-order valence-electron chi connectivity index (χ0n) is 16.5. The van der Waals surface area contributed by atoms with Crippen LogP contribution >= 0.6 is 0 Å². The predicted molar refractivity (Wildman–Crippen MR) is 103 cm³/mol. The van der Waals surface area contributed by atoms with Crippen LogP contribution in [0.4, 0.5) is 19.0 Å². The third kappa shape index (κ3) is 5.59. The number of anilines is 1. The van der Waals surface area contributed by atoms with Gasteiger partial charge < -0.3 is 15.0 Å². The van der Waals surface area contributed by atoms with Crippen LogP contribution in [0, 0.1) is 0 Å². The molecule has 1 fully saturated rings. The van der Waals surface area contributed by atoms with E-state index in [4.69, 9.17) is 4.74 Å². The molecule has 0 spiro atoms. The number of nitrogens with zero attached hydrogens (tertiary/aromatic N) is 3. The maximum absolute atomic E-state index is 13.2. The molecule has 10 heteroatoms. The first-order valence-corrected chi connectivity index (χ1v) is 9.59. The monoisotopic (exact) mass is 424 g/mol. The standard InChI is InChI=1S/C20H23F3N4O3/c1-14(15-4-2-3-5-16(15)20(21,22)23)12-18(28)24-17-6-7-27(25-17)13-19(29)26-8-10-30-11-9-26/h2-7,14H,8-13H2,1H3,(H,24,25,28)/t14-/m0/s1. The summed E-state index contributed by atoms with van der Waals surface area (Å²) < 4.78 is 46.2. The Balaban J connectivity index is 1.56. The fraction of sp³-hybridized carbons (Fsp3) is 0.450. The van der Waals surface area contributed by atoms with Crippen LogP contribution in [0.25, 0.3) is 0 Å². The number of rotatable bonds is 6. The van der Waals surface area contributed by atoms with Crippen molar-refractivity contribution >= 4 is 17.6 Å². The summed E-state index contributed by atoms with van der Waals surface area (Å²) in [6, 6.07) is 6.78. The van der Waals surface area contributed by atoms with Crippen molar-refractivity contribution < 1.29 is 27.5 Å². The van der Waals surface area contributed by atoms with Gasteiger partial charge in [-0.15, -0.1) is 0 Å². The smallest absolute Gasteiger partial charge is 0.378 e. The molecule has 1 N–H and O–H groups in total. The lowest BCUT2D eigenvalue weighted by atomic mass is 9.92. The highest BCUT2D eigenvalue weighted by atomic mass is 19.4. The van der Waals surface area contributed by atoms with E-state index < -0.39 is 23.6 Å². The van der Waals surface area contributed by atoms with Crippen molar-refractivity contribution in [2.45, 2.75) is 32.0 Å². The minimum Gasteiger partial charge on any atom is -0.378 e. The Morgan fingerprint density at radius 1 is 1.20 bits per heavy atom.